The minimum atomic E-state index is 0.00562. The summed E-state index contributed by atoms with van der Waals surface area (Å²) in [7, 11) is 0. The van der Waals surface area contributed by atoms with Crippen molar-refractivity contribution in [2.45, 2.75) is 6.42 Å². The van der Waals surface area contributed by atoms with Gasteiger partial charge in [-0.2, -0.15) is 0 Å². The zero-order valence-corrected chi connectivity index (χ0v) is 10.1. The molecule has 1 aromatic carbocycles. The van der Waals surface area contributed by atoms with Crippen molar-refractivity contribution in [2.24, 2.45) is 0 Å². The van der Waals surface area contributed by atoms with Crippen LogP contribution in [0.4, 0.5) is 0 Å². The molecule has 76 valence electrons. The Hall–Kier alpha value is -1.07. The molecule has 1 aromatic heterocycles. The van der Waals surface area contributed by atoms with Crippen molar-refractivity contribution in [3.63, 3.8) is 0 Å². The molecular weight excluding hydrogens is 276 g/mol. The first-order chi connectivity index (χ1) is 7.25. The molecule has 0 saturated heterocycles. The molecular formula is C10H7BrN2OS. The summed E-state index contributed by atoms with van der Waals surface area (Å²) in [5.41, 5.74) is 1.43. The first-order valence-electron chi connectivity index (χ1n) is 4.30. The van der Waals surface area contributed by atoms with Gasteiger partial charge < -0.3 is 0 Å². The van der Waals surface area contributed by atoms with Crippen LogP contribution in [-0.4, -0.2) is 15.4 Å². The SMILES string of the molecule is O=C(Cc1ccc(Br)cc1)c1csnn1. The lowest BCUT2D eigenvalue weighted by Crippen LogP contribution is -2.03. The standard InChI is InChI=1S/C10H7BrN2OS/c11-8-3-1-7(2-4-8)5-10(14)9-6-15-13-12-9/h1-4,6H,5H2. The molecule has 0 aliphatic carbocycles. The summed E-state index contributed by atoms with van der Waals surface area (Å²) in [6.07, 6.45) is 0.374. The largest absolute Gasteiger partial charge is 0.292 e. The van der Waals surface area contributed by atoms with E-state index in [-0.39, 0.29) is 5.78 Å². The molecule has 0 aliphatic heterocycles. The molecule has 0 amide bonds. The number of carbonyl (C=O) groups excluding carboxylic acids is 1. The van der Waals surface area contributed by atoms with Gasteiger partial charge in [-0.3, -0.25) is 4.79 Å². The lowest BCUT2D eigenvalue weighted by molar-refractivity contribution is 0.0988. The van der Waals surface area contributed by atoms with Gasteiger partial charge in [0.2, 0.25) is 0 Å². The van der Waals surface area contributed by atoms with E-state index in [2.05, 4.69) is 25.5 Å². The first-order valence-corrected chi connectivity index (χ1v) is 5.93. The van der Waals surface area contributed by atoms with E-state index >= 15 is 0 Å². The smallest absolute Gasteiger partial charge is 0.188 e. The Bertz CT molecular complexity index is 453. The van der Waals surface area contributed by atoms with Gasteiger partial charge in [0, 0.05) is 16.3 Å². The van der Waals surface area contributed by atoms with Crippen LogP contribution < -0.4 is 0 Å². The van der Waals surface area contributed by atoms with Gasteiger partial charge in [0.05, 0.1) is 0 Å². The lowest BCUT2D eigenvalue weighted by atomic mass is 10.1. The van der Waals surface area contributed by atoms with Crippen LogP contribution in [-0.2, 0) is 6.42 Å². The highest BCUT2D eigenvalue weighted by Gasteiger charge is 2.09. The number of nitrogens with zero attached hydrogens (tertiary/aromatic N) is 2. The number of halogens is 1. The molecule has 5 heteroatoms. The maximum atomic E-state index is 11.7. The van der Waals surface area contributed by atoms with Gasteiger partial charge >= 0.3 is 0 Å². The Balaban J connectivity index is 2.09. The molecule has 0 atom stereocenters. The van der Waals surface area contributed by atoms with Crippen LogP contribution in [0, 0.1) is 0 Å². The normalized spacial score (nSPS) is 10.2. The third-order valence-electron chi connectivity index (χ3n) is 1.92. The van der Waals surface area contributed by atoms with Gasteiger partial charge in [-0.15, -0.1) is 5.10 Å². The quantitative estimate of drug-likeness (QED) is 0.813. The molecule has 0 fully saturated rings. The van der Waals surface area contributed by atoms with E-state index in [9.17, 15) is 4.79 Å². The average molecular weight is 283 g/mol. The van der Waals surface area contributed by atoms with Crippen LogP contribution >= 0.6 is 27.5 Å². The maximum Gasteiger partial charge on any atom is 0.188 e. The second-order valence-corrected chi connectivity index (χ2v) is 4.54. The Kier molecular flexibility index (Phi) is 3.23. The minimum absolute atomic E-state index is 0.00562. The van der Waals surface area contributed by atoms with Gasteiger partial charge in [-0.05, 0) is 29.2 Å². The third-order valence-corrected chi connectivity index (χ3v) is 2.96. The molecule has 0 radical (unpaired) electrons. The Morgan fingerprint density at radius 2 is 2.07 bits per heavy atom. The van der Waals surface area contributed by atoms with Crippen molar-refractivity contribution in [2.75, 3.05) is 0 Å². The fourth-order valence-corrected chi connectivity index (χ4v) is 1.89. The Labute approximate surface area is 99.4 Å². The topological polar surface area (TPSA) is 42.9 Å². The van der Waals surface area contributed by atoms with Crippen LogP contribution in [0.3, 0.4) is 0 Å². The lowest BCUT2D eigenvalue weighted by Gasteiger charge is -1.98. The predicted octanol–water partition coefficient (Wildman–Crippen LogP) is 2.73. The molecule has 0 unspecified atom stereocenters. The Morgan fingerprint density at radius 1 is 1.33 bits per heavy atom. The predicted molar refractivity (Wildman–Crippen MR) is 62.1 cm³/mol. The summed E-state index contributed by atoms with van der Waals surface area (Å²) < 4.78 is 4.67. The number of Topliss-reactive ketones (excluding diaryl/α,β-unsaturated/α-hetero) is 1. The van der Waals surface area contributed by atoms with Crippen molar-refractivity contribution < 1.29 is 4.79 Å². The number of aromatic nitrogens is 2. The average Bonchev–Trinajstić information content (AvgIpc) is 2.74. The summed E-state index contributed by atoms with van der Waals surface area (Å²) in [6.45, 7) is 0. The molecule has 15 heavy (non-hydrogen) atoms. The molecule has 0 spiro atoms. The van der Waals surface area contributed by atoms with Crippen LogP contribution in [0.25, 0.3) is 0 Å². The molecule has 0 bridgehead atoms. The Morgan fingerprint density at radius 3 is 2.67 bits per heavy atom. The fourth-order valence-electron chi connectivity index (χ4n) is 1.16. The second kappa shape index (κ2) is 4.63. The van der Waals surface area contributed by atoms with Crippen molar-refractivity contribution in [3.05, 3.63) is 45.4 Å². The van der Waals surface area contributed by atoms with Crippen molar-refractivity contribution in [1.82, 2.24) is 9.59 Å². The summed E-state index contributed by atoms with van der Waals surface area (Å²) in [5, 5.41) is 5.41. The van der Waals surface area contributed by atoms with Gasteiger partial charge in [-0.1, -0.05) is 32.6 Å². The molecule has 1 heterocycles. The zero-order chi connectivity index (χ0) is 10.7. The van der Waals surface area contributed by atoms with E-state index in [1.807, 2.05) is 24.3 Å². The molecule has 0 saturated carbocycles. The number of benzene rings is 1. The van der Waals surface area contributed by atoms with Crippen LogP contribution in [0.1, 0.15) is 16.1 Å². The number of ketones is 1. The molecule has 3 nitrogen and oxygen atoms in total. The number of rotatable bonds is 3. The highest BCUT2D eigenvalue weighted by atomic mass is 79.9. The van der Waals surface area contributed by atoms with E-state index in [1.54, 1.807) is 5.38 Å². The molecule has 2 rings (SSSR count). The van der Waals surface area contributed by atoms with Gasteiger partial charge in [0.15, 0.2) is 5.78 Å². The molecule has 0 aliphatic rings. The summed E-state index contributed by atoms with van der Waals surface area (Å²) in [4.78, 5) is 11.7. The third kappa shape index (κ3) is 2.70. The van der Waals surface area contributed by atoms with Crippen LogP contribution in [0.5, 0.6) is 0 Å². The van der Waals surface area contributed by atoms with Gasteiger partial charge in [0.25, 0.3) is 0 Å². The molecule has 0 N–H and O–H groups in total. The highest BCUT2D eigenvalue weighted by Crippen LogP contribution is 2.12. The minimum Gasteiger partial charge on any atom is -0.292 e. The van der Waals surface area contributed by atoms with Crippen molar-refractivity contribution in [3.8, 4) is 0 Å². The highest BCUT2D eigenvalue weighted by molar-refractivity contribution is 9.10. The van der Waals surface area contributed by atoms with E-state index in [0.29, 0.717) is 12.1 Å². The molecule has 2 aromatic rings. The summed E-state index contributed by atoms with van der Waals surface area (Å²) in [5.74, 6) is 0.00562. The maximum absolute atomic E-state index is 11.7. The van der Waals surface area contributed by atoms with E-state index in [1.165, 1.54) is 11.5 Å². The van der Waals surface area contributed by atoms with Crippen molar-refractivity contribution in [1.29, 1.82) is 0 Å². The zero-order valence-electron chi connectivity index (χ0n) is 7.68. The van der Waals surface area contributed by atoms with Crippen LogP contribution in [0.2, 0.25) is 0 Å². The van der Waals surface area contributed by atoms with Crippen molar-refractivity contribution >= 4 is 33.2 Å². The van der Waals surface area contributed by atoms with Gasteiger partial charge in [0.1, 0.15) is 5.69 Å². The van der Waals surface area contributed by atoms with Crippen LogP contribution in [0.15, 0.2) is 34.1 Å². The number of carbonyl (C=O) groups is 1. The second-order valence-electron chi connectivity index (χ2n) is 3.02. The fraction of sp³-hybridized carbons (Fsp3) is 0.100. The van der Waals surface area contributed by atoms with Gasteiger partial charge in [-0.25, -0.2) is 0 Å². The van der Waals surface area contributed by atoms with E-state index in [4.69, 9.17) is 0 Å². The monoisotopic (exact) mass is 282 g/mol. The number of hydrogen-bond donors (Lipinski definition) is 0. The summed E-state index contributed by atoms with van der Waals surface area (Å²) >= 11 is 4.54. The number of hydrogen-bond acceptors (Lipinski definition) is 4. The summed E-state index contributed by atoms with van der Waals surface area (Å²) in [6, 6.07) is 7.67. The van der Waals surface area contributed by atoms with E-state index in [0.717, 1.165) is 10.0 Å². The first kappa shape index (κ1) is 10.4. The van der Waals surface area contributed by atoms with E-state index < -0.39 is 0 Å².